The molecule has 0 bridgehead atoms. The quantitative estimate of drug-likeness (QED) is 0.329. The van der Waals surface area contributed by atoms with Crippen LogP contribution in [0.3, 0.4) is 0 Å². The third kappa shape index (κ3) is 4.00. The van der Waals surface area contributed by atoms with Crippen LogP contribution in [0.1, 0.15) is 22.6 Å². The van der Waals surface area contributed by atoms with Crippen LogP contribution in [0.5, 0.6) is 0 Å². The van der Waals surface area contributed by atoms with Gasteiger partial charge in [0.15, 0.2) is 0 Å². The van der Waals surface area contributed by atoms with Gasteiger partial charge in [0, 0.05) is 54.4 Å². The molecule has 0 aliphatic carbocycles. The summed E-state index contributed by atoms with van der Waals surface area (Å²) in [5.74, 6) is -0.718. The maximum atomic E-state index is 14.2. The highest BCUT2D eigenvalue weighted by Gasteiger charge is 2.64. The van der Waals surface area contributed by atoms with Gasteiger partial charge in [-0.05, 0) is 42.0 Å². The highest BCUT2D eigenvalue weighted by atomic mass is 35.5. The van der Waals surface area contributed by atoms with E-state index in [-0.39, 0.29) is 18.4 Å². The van der Waals surface area contributed by atoms with Crippen LogP contribution in [-0.4, -0.2) is 52.4 Å². The van der Waals surface area contributed by atoms with E-state index < -0.39 is 11.6 Å². The van der Waals surface area contributed by atoms with Crippen molar-refractivity contribution < 1.29 is 9.59 Å². The minimum Gasteiger partial charge on any atom is -0.310 e. The Morgan fingerprint density at radius 1 is 1.08 bits per heavy atom. The number of likely N-dealkylation sites (N-methyl/N-ethyl adjacent to an activating group) is 1. The molecule has 2 fully saturated rings. The van der Waals surface area contributed by atoms with Crippen molar-refractivity contribution in [3.8, 4) is 6.07 Å². The molecule has 2 saturated heterocycles. The zero-order valence-corrected chi connectivity index (χ0v) is 21.4. The van der Waals surface area contributed by atoms with Crippen molar-refractivity contribution in [1.82, 2.24) is 14.8 Å². The van der Waals surface area contributed by atoms with E-state index in [0.717, 1.165) is 16.0 Å². The largest absolute Gasteiger partial charge is 0.332 e. The number of carbonyl (C=O) groups is 2. The molecule has 182 valence electrons. The van der Waals surface area contributed by atoms with Crippen molar-refractivity contribution in [3.05, 3.63) is 92.7 Å². The summed E-state index contributed by atoms with van der Waals surface area (Å²) >= 11 is 18.7. The van der Waals surface area contributed by atoms with E-state index in [0.29, 0.717) is 39.5 Å². The number of nitriles is 1. The molecule has 0 unspecified atom stereocenters. The lowest BCUT2D eigenvalue weighted by molar-refractivity contribution is -0.124. The molecule has 2 aliphatic heterocycles. The molecule has 5 rings (SSSR count). The monoisotopic (exact) mass is 539 g/mol. The van der Waals surface area contributed by atoms with Gasteiger partial charge in [0.25, 0.3) is 5.91 Å². The summed E-state index contributed by atoms with van der Waals surface area (Å²) in [6.07, 6.45) is 1.62. The standard InChI is InChI=1S/C26H20Cl3N5O2/c1-32-25(36)34(21-10-19(27)9-20(28)11-21)24(35)26(32)15-33(13-18-3-2-8-31-23(18)29)14-22(26)17-6-4-16(12-30)5-7-17/h2-11,22H,13-15H2,1H3/t22-,26+/m0/s1. The number of carbonyl (C=O) groups excluding carboxylic acids is 2. The van der Waals surface area contributed by atoms with Crippen molar-refractivity contribution in [2.75, 3.05) is 25.0 Å². The minimum absolute atomic E-state index is 0.286. The second-order valence-corrected chi connectivity index (χ2v) is 10.2. The number of nitrogens with zero attached hydrogens (tertiary/aromatic N) is 5. The fourth-order valence-electron chi connectivity index (χ4n) is 5.19. The van der Waals surface area contributed by atoms with Gasteiger partial charge in [-0.1, -0.05) is 53.0 Å². The highest BCUT2D eigenvalue weighted by Crippen LogP contribution is 2.47. The predicted molar refractivity (Wildman–Crippen MR) is 138 cm³/mol. The molecule has 0 radical (unpaired) electrons. The van der Waals surface area contributed by atoms with Crippen LogP contribution in [-0.2, 0) is 11.3 Å². The zero-order chi connectivity index (χ0) is 25.6. The third-order valence-corrected chi connectivity index (χ3v) is 7.69. The summed E-state index contributed by atoms with van der Waals surface area (Å²) in [6.45, 7) is 1.24. The molecule has 10 heteroatoms. The number of rotatable bonds is 4. The van der Waals surface area contributed by atoms with Gasteiger partial charge in [-0.15, -0.1) is 0 Å². The summed E-state index contributed by atoms with van der Waals surface area (Å²) < 4.78 is 0. The summed E-state index contributed by atoms with van der Waals surface area (Å²) in [5.41, 5.74) is 1.33. The van der Waals surface area contributed by atoms with Gasteiger partial charge in [-0.25, -0.2) is 14.7 Å². The van der Waals surface area contributed by atoms with E-state index in [1.165, 1.54) is 4.90 Å². The number of urea groups is 1. The third-order valence-electron chi connectivity index (χ3n) is 6.91. The van der Waals surface area contributed by atoms with Gasteiger partial charge in [-0.3, -0.25) is 9.69 Å². The molecule has 2 aromatic carbocycles. The summed E-state index contributed by atoms with van der Waals surface area (Å²) in [7, 11) is 1.64. The van der Waals surface area contributed by atoms with Crippen LogP contribution < -0.4 is 4.90 Å². The van der Waals surface area contributed by atoms with Gasteiger partial charge >= 0.3 is 6.03 Å². The van der Waals surface area contributed by atoms with Gasteiger partial charge in [-0.2, -0.15) is 5.26 Å². The number of pyridine rings is 1. The Labute approximate surface area is 223 Å². The maximum absolute atomic E-state index is 14.2. The second-order valence-electron chi connectivity index (χ2n) is 8.94. The Balaban J connectivity index is 1.59. The Hall–Kier alpha value is -3.15. The van der Waals surface area contributed by atoms with Crippen molar-refractivity contribution in [1.29, 1.82) is 5.26 Å². The normalized spacial score (nSPS) is 22.0. The number of imide groups is 1. The molecule has 1 aromatic heterocycles. The van der Waals surface area contributed by atoms with E-state index >= 15 is 0 Å². The SMILES string of the molecule is CN1C(=O)N(c2cc(Cl)cc(Cl)c2)C(=O)[C@]12CN(Cc1cccnc1Cl)C[C@H]2c1ccc(C#N)cc1. The molecule has 36 heavy (non-hydrogen) atoms. The number of halogens is 3. The molecular weight excluding hydrogens is 521 g/mol. The molecular formula is C26H20Cl3N5O2. The smallest absolute Gasteiger partial charge is 0.310 e. The van der Waals surface area contributed by atoms with Crippen LogP contribution in [0.4, 0.5) is 10.5 Å². The molecule has 2 aliphatic rings. The Morgan fingerprint density at radius 2 is 1.78 bits per heavy atom. The summed E-state index contributed by atoms with van der Waals surface area (Å²) in [6, 6.07) is 17.1. The fourth-order valence-corrected chi connectivity index (χ4v) is 5.89. The lowest BCUT2D eigenvalue weighted by Gasteiger charge is -2.34. The molecule has 3 heterocycles. The predicted octanol–water partition coefficient (Wildman–Crippen LogP) is 5.35. The van der Waals surface area contributed by atoms with Gasteiger partial charge in [0.1, 0.15) is 10.7 Å². The fraction of sp³-hybridized carbons (Fsp3) is 0.231. The maximum Gasteiger partial charge on any atom is 0.332 e. The van der Waals surface area contributed by atoms with Crippen molar-refractivity contribution in [3.63, 3.8) is 0 Å². The lowest BCUT2D eigenvalue weighted by Crippen LogP contribution is -2.53. The molecule has 3 amide bonds. The minimum atomic E-state index is -1.19. The zero-order valence-electron chi connectivity index (χ0n) is 19.2. The Morgan fingerprint density at radius 3 is 2.42 bits per heavy atom. The first-order valence-electron chi connectivity index (χ1n) is 11.1. The molecule has 3 aromatic rings. The molecule has 2 atom stereocenters. The van der Waals surface area contributed by atoms with Crippen LogP contribution >= 0.6 is 34.8 Å². The lowest BCUT2D eigenvalue weighted by atomic mass is 9.80. The number of likely N-dealkylation sites (tertiary alicyclic amines) is 1. The van der Waals surface area contributed by atoms with Crippen LogP contribution in [0.2, 0.25) is 15.2 Å². The van der Waals surface area contributed by atoms with Gasteiger partial charge in [0.2, 0.25) is 0 Å². The van der Waals surface area contributed by atoms with Gasteiger partial charge < -0.3 is 4.90 Å². The Bertz CT molecular complexity index is 1390. The van der Waals surface area contributed by atoms with Crippen molar-refractivity contribution in [2.24, 2.45) is 0 Å². The molecule has 0 N–H and O–H groups in total. The van der Waals surface area contributed by atoms with Crippen molar-refractivity contribution >= 4 is 52.4 Å². The van der Waals surface area contributed by atoms with E-state index in [9.17, 15) is 14.9 Å². The highest BCUT2D eigenvalue weighted by molar-refractivity contribution is 6.36. The van der Waals surface area contributed by atoms with E-state index in [2.05, 4.69) is 16.0 Å². The first kappa shape index (κ1) is 24.5. The average Bonchev–Trinajstić information content (AvgIpc) is 3.32. The second kappa shape index (κ2) is 9.38. The molecule has 1 spiro atoms. The molecule has 0 saturated carbocycles. The number of amides is 3. The first-order chi connectivity index (χ1) is 17.2. The van der Waals surface area contributed by atoms with Crippen LogP contribution in [0.25, 0.3) is 0 Å². The number of anilines is 1. The van der Waals surface area contributed by atoms with E-state index in [1.54, 1.807) is 43.6 Å². The molecule has 7 nitrogen and oxygen atoms in total. The number of aromatic nitrogens is 1. The number of benzene rings is 2. The topological polar surface area (TPSA) is 80.5 Å². The summed E-state index contributed by atoms with van der Waals surface area (Å²) in [5, 5.41) is 10.3. The van der Waals surface area contributed by atoms with Crippen LogP contribution in [0, 0.1) is 11.3 Å². The van der Waals surface area contributed by atoms with Gasteiger partial charge in [0.05, 0.1) is 17.3 Å². The Kier molecular flexibility index (Phi) is 6.39. The number of hydrogen-bond donors (Lipinski definition) is 0. The average molecular weight is 541 g/mol. The van der Waals surface area contributed by atoms with Crippen molar-refractivity contribution in [2.45, 2.75) is 18.0 Å². The van der Waals surface area contributed by atoms with E-state index in [1.807, 2.05) is 24.3 Å². The van der Waals surface area contributed by atoms with E-state index in [4.69, 9.17) is 34.8 Å². The first-order valence-corrected chi connectivity index (χ1v) is 12.3. The summed E-state index contributed by atoms with van der Waals surface area (Å²) in [4.78, 5) is 36.7. The van der Waals surface area contributed by atoms with Crippen LogP contribution in [0.15, 0.2) is 60.8 Å². The number of hydrogen-bond acceptors (Lipinski definition) is 5.